The van der Waals surface area contributed by atoms with Gasteiger partial charge in [-0.05, 0) is 19.8 Å². The number of piperidine rings is 1. The number of hydrogen-bond donors (Lipinski definition) is 3. The fourth-order valence-corrected chi connectivity index (χ4v) is 2.95. The van der Waals surface area contributed by atoms with Crippen molar-refractivity contribution in [1.29, 1.82) is 0 Å². The SMILES string of the molecule is C#CC(C)NC(=O)c1sc(N2CCC(N)CC2)nc1N. The highest BCUT2D eigenvalue weighted by Crippen LogP contribution is 2.29. The van der Waals surface area contributed by atoms with Crippen molar-refractivity contribution in [3.63, 3.8) is 0 Å². The van der Waals surface area contributed by atoms with Gasteiger partial charge in [-0.15, -0.1) is 6.42 Å². The monoisotopic (exact) mass is 293 g/mol. The van der Waals surface area contributed by atoms with Gasteiger partial charge in [0.1, 0.15) is 10.7 Å². The van der Waals surface area contributed by atoms with Gasteiger partial charge in [0.2, 0.25) is 0 Å². The van der Waals surface area contributed by atoms with Crippen LogP contribution in [0, 0.1) is 12.3 Å². The van der Waals surface area contributed by atoms with Crippen LogP contribution in [0.15, 0.2) is 0 Å². The van der Waals surface area contributed by atoms with Crippen LogP contribution in [0.25, 0.3) is 0 Å². The van der Waals surface area contributed by atoms with Crippen LogP contribution in [0.2, 0.25) is 0 Å². The number of nitrogen functional groups attached to an aromatic ring is 1. The molecule has 1 saturated heterocycles. The van der Waals surface area contributed by atoms with Gasteiger partial charge in [0.15, 0.2) is 5.13 Å². The van der Waals surface area contributed by atoms with E-state index in [9.17, 15) is 4.79 Å². The molecule has 20 heavy (non-hydrogen) atoms. The number of anilines is 2. The molecule has 2 rings (SSSR count). The van der Waals surface area contributed by atoms with Gasteiger partial charge >= 0.3 is 0 Å². The molecule has 0 bridgehead atoms. The highest BCUT2D eigenvalue weighted by Gasteiger charge is 2.23. The predicted octanol–water partition coefficient (Wildman–Crippen LogP) is 0.404. The van der Waals surface area contributed by atoms with E-state index < -0.39 is 0 Å². The maximum atomic E-state index is 12.0. The first kappa shape index (κ1) is 14.6. The third-order valence-electron chi connectivity index (χ3n) is 3.26. The van der Waals surface area contributed by atoms with Crippen LogP contribution in [-0.2, 0) is 0 Å². The molecule has 1 atom stereocenters. The number of amides is 1. The first-order valence-electron chi connectivity index (χ1n) is 6.55. The molecule has 1 aliphatic rings. The van der Waals surface area contributed by atoms with Gasteiger partial charge in [0, 0.05) is 19.1 Å². The van der Waals surface area contributed by atoms with Crippen LogP contribution in [0.1, 0.15) is 29.4 Å². The zero-order chi connectivity index (χ0) is 14.7. The summed E-state index contributed by atoms with van der Waals surface area (Å²) < 4.78 is 0. The number of thiazole rings is 1. The molecule has 5 N–H and O–H groups in total. The fraction of sp³-hybridized carbons (Fsp3) is 0.538. The number of carbonyl (C=O) groups excluding carboxylic acids is 1. The first-order valence-corrected chi connectivity index (χ1v) is 7.36. The lowest BCUT2D eigenvalue weighted by Crippen LogP contribution is -2.39. The Hall–Kier alpha value is -1.78. The average molecular weight is 293 g/mol. The van der Waals surface area contributed by atoms with Gasteiger partial charge in [0.25, 0.3) is 5.91 Å². The Morgan fingerprint density at radius 2 is 2.25 bits per heavy atom. The molecule has 0 aromatic carbocycles. The van der Waals surface area contributed by atoms with Gasteiger partial charge in [0.05, 0.1) is 6.04 Å². The highest BCUT2D eigenvalue weighted by molar-refractivity contribution is 7.18. The van der Waals surface area contributed by atoms with Crippen molar-refractivity contribution in [2.45, 2.75) is 31.8 Å². The molecule has 0 aliphatic carbocycles. The Morgan fingerprint density at radius 3 is 2.85 bits per heavy atom. The fourth-order valence-electron chi connectivity index (χ4n) is 2.01. The van der Waals surface area contributed by atoms with Crippen LogP contribution in [-0.4, -0.2) is 36.1 Å². The predicted molar refractivity (Wildman–Crippen MR) is 81.7 cm³/mol. The van der Waals surface area contributed by atoms with Gasteiger partial charge in [-0.1, -0.05) is 17.3 Å². The smallest absolute Gasteiger partial charge is 0.266 e. The number of rotatable bonds is 3. The Bertz CT molecular complexity index is 527. The maximum absolute atomic E-state index is 12.0. The minimum absolute atomic E-state index is 0.251. The molecule has 1 fully saturated rings. The van der Waals surface area contributed by atoms with Crippen LogP contribution in [0.4, 0.5) is 10.9 Å². The third kappa shape index (κ3) is 3.21. The lowest BCUT2D eigenvalue weighted by atomic mass is 10.1. The molecule has 2 heterocycles. The van der Waals surface area contributed by atoms with Crippen LogP contribution in [0.5, 0.6) is 0 Å². The van der Waals surface area contributed by atoms with Crippen molar-refractivity contribution in [2.75, 3.05) is 23.7 Å². The van der Waals surface area contributed by atoms with Crippen LogP contribution in [0.3, 0.4) is 0 Å². The third-order valence-corrected chi connectivity index (χ3v) is 4.39. The molecule has 1 aliphatic heterocycles. The van der Waals surface area contributed by atoms with Crippen molar-refractivity contribution in [3.8, 4) is 12.3 Å². The molecule has 7 heteroatoms. The van der Waals surface area contributed by atoms with Crippen molar-refractivity contribution in [2.24, 2.45) is 5.73 Å². The Morgan fingerprint density at radius 1 is 1.60 bits per heavy atom. The Kier molecular flexibility index (Phi) is 4.47. The summed E-state index contributed by atoms with van der Waals surface area (Å²) in [6.07, 6.45) is 7.09. The van der Waals surface area contributed by atoms with Gasteiger partial charge in [-0.3, -0.25) is 4.79 Å². The van der Waals surface area contributed by atoms with Crippen molar-refractivity contribution < 1.29 is 4.79 Å². The molecular weight excluding hydrogens is 274 g/mol. The molecule has 1 unspecified atom stereocenters. The molecular formula is C13H19N5OS. The summed E-state index contributed by atoms with van der Waals surface area (Å²) in [6, 6.07) is -0.0803. The summed E-state index contributed by atoms with van der Waals surface area (Å²) in [5, 5.41) is 3.46. The van der Waals surface area contributed by atoms with E-state index >= 15 is 0 Å². The minimum atomic E-state index is -0.333. The quantitative estimate of drug-likeness (QED) is 0.701. The number of aromatic nitrogens is 1. The number of nitrogens with zero attached hydrogens (tertiary/aromatic N) is 2. The highest BCUT2D eigenvalue weighted by atomic mass is 32.1. The summed E-state index contributed by atoms with van der Waals surface area (Å²) in [7, 11) is 0. The lowest BCUT2D eigenvalue weighted by Gasteiger charge is -2.29. The number of hydrogen-bond acceptors (Lipinski definition) is 6. The lowest BCUT2D eigenvalue weighted by molar-refractivity contribution is 0.0953. The zero-order valence-electron chi connectivity index (χ0n) is 11.4. The number of nitrogens with one attached hydrogen (secondary N) is 1. The van der Waals surface area contributed by atoms with Crippen LogP contribution >= 0.6 is 11.3 Å². The second-order valence-electron chi connectivity index (χ2n) is 4.90. The van der Waals surface area contributed by atoms with E-state index in [1.54, 1.807) is 6.92 Å². The molecule has 1 amide bonds. The first-order chi connectivity index (χ1) is 9.51. The summed E-state index contributed by atoms with van der Waals surface area (Å²) in [6.45, 7) is 3.42. The van der Waals surface area contributed by atoms with Crippen LogP contribution < -0.4 is 21.7 Å². The zero-order valence-corrected chi connectivity index (χ0v) is 12.2. The standard InChI is InChI=1S/C13H19N5OS/c1-3-8(2)16-12(19)10-11(15)17-13(20-10)18-6-4-9(14)5-7-18/h1,8-9H,4-7,14-15H2,2H3,(H,16,19). The second-order valence-corrected chi connectivity index (χ2v) is 5.87. The normalized spacial score (nSPS) is 17.6. The van der Waals surface area contributed by atoms with Gasteiger partial charge in [-0.25, -0.2) is 4.98 Å². The largest absolute Gasteiger partial charge is 0.382 e. The Labute approximate surface area is 122 Å². The number of nitrogens with two attached hydrogens (primary N) is 2. The summed E-state index contributed by atoms with van der Waals surface area (Å²) >= 11 is 1.30. The summed E-state index contributed by atoms with van der Waals surface area (Å²) in [4.78, 5) is 18.8. The second kappa shape index (κ2) is 6.11. The van der Waals surface area contributed by atoms with E-state index in [0.29, 0.717) is 4.88 Å². The maximum Gasteiger partial charge on any atom is 0.266 e. The van der Waals surface area contributed by atoms with Gasteiger partial charge in [-0.2, -0.15) is 0 Å². The average Bonchev–Trinajstić information content (AvgIpc) is 2.81. The van der Waals surface area contributed by atoms with E-state index in [2.05, 4.69) is 21.1 Å². The summed E-state index contributed by atoms with van der Waals surface area (Å²) in [5.41, 5.74) is 11.7. The molecule has 1 aromatic rings. The van der Waals surface area contributed by atoms with E-state index in [4.69, 9.17) is 17.9 Å². The summed E-state index contributed by atoms with van der Waals surface area (Å²) in [5.74, 6) is 2.43. The number of terminal acetylenes is 1. The van der Waals surface area contributed by atoms with E-state index in [-0.39, 0.29) is 23.8 Å². The topological polar surface area (TPSA) is 97.3 Å². The van der Waals surface area contributed by atoms with Crippen molar-refractivity contribution in [1.82, 2.24) is 10.3 Å². The van der Waals surface area contributed by atoms with Crippen molar-refractivity contribution in [3.05, 3.63) is 4.88 Å². The molecule has 1 aromatic heterocycles. The van der Waals surface area contributed by atoms with Crippen molar-refractivity contribution >= 4 is 28.2 Å². The van der Waals surface area contributed by atoms with E-state index in [0.717, 1.165) is 31.1 Å². The minimum Gasteiger partial charge on any atom is -0.382 e. The van der Waals surface area contributed by atoms with E-state index in [1.807, 2.05) is 0 Å². The number of carbonyl (C=O) groups is 1. The molecule has 0 saturated carbocycles. The molecule has 0 spiro atoms. The Balaban J connectivity index is 2.09. The van der Waals surface area contributed by atoms with E-state index in [1.165, 1.54) is 11.3 Å². The molecule has 108 valence electrons. The molecule has 6 nitrogen and oxygen atoms in total. The van der Waals surface area contributed by atoms with Gasteiger partial charge < -0.3 is 21.7 Å². The molecule has 0 radical (unpaired) electrons.